The zero-order valence-electron chi connectivity index (χ0n) is 12.2. The van der Waals surface area contributed by atoms with E-state index in [0.29, 0.717) is 30.4 Å². The van der Waals surface area contributed by atoms with Crippen LogP contribution in [0.2, 0.25) is 5.02 Å². The molecule has 1 unspecified atom stereocenters. The Morgan fingerprint density at radius 2 is 2.19 bits per heavy atom. The summed E-state index contributed by atoms with van der Waals surface area (Å²) >= 11 is 6.10. The molecular formula is C13H21ClF3N3O. The van der Waals surface area contributed by atoms with Gasteiger partial charge in [0.25, 0.3) is 0 Å². The van der Waals surface area contributed by atoms with Crippen molar-refractivity contribution < 1.29 is 17.9 Å². The van der Waals surface area contributed by atoms with Gasteiger partial charge in [0.05, 0.1) is 36.1 Å². The summed E-state index contributed by atoms with van der Waals surface area (Å²) in [5, 5.41) is 7.60. The van der Waals surface area contributed by atoms with Gasteiger partial charge in [-0.3, -0.25) is 4.68 Å². The van der Waals surface area contributed by atoms with E-state index in [1.807, 2.05) is 6.92 Å². The van der Waals surface area contributed by atoms with Gasteiger partial charge in [-0.05, 0) is 19.4 Å². The molecule has 0 bridgehead atoms. The van der Waals surface area contributed by atoms with Crippen molar-refractivity contribution in [1.29, 1.82) is 0 Å². The van der Waals surface area contributed by atoms with Gasteiger partial charge >= 0.3 is 6.18 Å². The molecule has 0 amide bonds. The zero-order chi connectivity index (χ0) is 15.9. The van der Waals surface area contributed by atoms with Crippen molar-refractivity contribution in [2.75, 3.05) is 20.3 Å². The van der Waals surface area contributed by atoms with Crippen molar-refractivity contribution >= 4 is 11.6 Å². The molecule has 1 aromatic rings. The minimum atomic E-state index is -4.18. The summed E-state index contributed by atoms with van der Waals surface area (Å²) in [7, 11) is 1.56. The van der Waals surface area contributed by atoms with Gasteiger partial charge in [0.2, 0.25) is 0 Å². The quantitative estimate of drug-likeness (QED) is 0.753. The van der Waals surface area contributed by atoms with Crippen molar-refractivity contribution in [1.82, 2.24) is 15.1 Å². The number of halogens is 4. The first-order valence-corrected chi connectivity index (χ1v) is 7.27. The highest BCUT2D eigenvalue weighted by molar-refractivity contribution is 6.31. The smallest absolute Gasteiger partial charge is 0.383 e. The molecule has 4 nitrogen and oxygen atoms in total. The van der Waals surface area contributed by atoms with Crippen LogP contribution in [-0.2, 0) is 11.3 Å². The number of rotatable bonds is 9. The van der Waals surface area contributed by atoms with E-state index in [2.05, 4.69) is 10.4 Å². The van der Waals surface area contributed by atoms with Gasteiger partial charge < -0.3 is 10.1 Å². The third-order valence-electron chi connectivity index (χ3n) is 3.03. The molecule has 1 heterocycles. The van der Waals surface area contributed by atoms with Gasteiger partial charge in [-0.25, -0.2) is 0 Å². The first-order chi connectivity index (χ1) is 9.89. The molecule has 8 heteroatoms. The molecule has 0 radical (unpaired) electrons. The molecule has 1 N–H and O–H groups in total. The molecule has 0 fully saturated rings. The second-order valence-electron chi connectivity index (χ2n) is 4.75. The predicted molar refractivity (Wildman–Crippen MR) is 75.4 cm³/mol. The van der Waals surface area contributed by atoms with E-state index < -0.39 is 18.6 Å². The number of nitrogens with one attached hydrogen (secondary N) is 1. The molecule has 0 aliphatic heterocycles. The Kier molecular flexibility index (Phi) is 7.48. The first-order valence-electron chi connectivity index (χ1n) is 6.89. The maximum atomic E-state index is 12.5. The molecule has 1 rings (SSSR count). The lowest BCUT2D eigenvalue weighted by molar-refractivity contribution is -0.136. The molecule has 0 aromatic carbocycles. The molecule has 1 atom stereocenters. The average Bonchev–Trinajstić information content (AvgIpc) is 2.77. The molecule has 21 heavy (non-hydrogen) atoms. The topological polar surface area (TPSA) is 39.1 Å². The Morgan fingerprint density at radius 1 is 1.48 bits per heavy atom. The van der Waals surface area contributed by atoms with Gasteiger partial charge in [-0.1, -0.05) is 18.5 Å². The predicted octanol–water partition coefficient (Wildman–Crippen LogP) is 3.57. The summed E-state index contributed by atoms with van der Waals surface area (Å²) in [6, 6.07) is -0.474. The van der Waals surface area contributed by atoms with Crippen LogP contribution in [0.15, 0.2) is 6.20 Å². The van der Waals surface area contributed by atoms with Gasteiger partial charge in [0, 0.05) is 13.5 Å². The van der Waals surface area contributed by atoms with E-state index in [1.54, 1.807) is 11.8 Å². The molecule has 0 saturated carbocycles. The monoisotopic (exact) mass is 327 g/mol. The van der Waals surface area contributed by atoms with E-state index in [-0.39, 0.29) is 6.42 Å². The Bertz CT molecular complexity index is 423. The maximum absolute atomic E-state index is 12.5. The summed E-state index contributed by atoms with van der Waals surface area (Å²) in [4.78, 5) is 0. The van der Waals surface area contributed by atoms with Crippen LogP contribution in [0, 0.1) is 0 Å². The second-order valence-corrected chi connectivity index (χ2v) is 5.16. The zero-order valence-corrected chi connectivity index (χ0v) is 13.0. The lowest BCUT2D eigenvalue weighted by Crippen LogP contribution is -2.27. The van der Waals surface area contributed by atoms with Crippen LogP contribution >= 0.6 is 11.6 Å². The third-order valence-corrected chi connectivity index (χ3v) is 3.32. The average molecular weight is 328 g/mol. The Labute approximate surface area is 127 Å². The molecule has 0 aliphatic rings. The van der Waals surface area contributed by atoms with Crippen molar-refractivity contribution in [3.63, 3.8) is 0 Å². The van der Waals surface area contributed by atoms with Gasteiger partial charge in [0.1, 0.15) is 0 Å². The van der Waals surface area contributed by atoms with E-state index in [0.717, 1.165) is 6.42 Å². The molecule has 122 valence electrons. The van der Waals surface area contributed by atoms with Crippen LogP contribution in [0.1, 0.15) is 37.9 Å². The highest BCUT2D eigenvalue weighted by Gasteiger charge is 2.30. The Balaban J connectivity index is 2.87. The maximum Gasteiger partial charge on any atom is 0.389 e. The van der Waals surface area contributed by atoms with E-state index >= 15 is 0 Å². The molecule has 0 aliphatic carbocycles. The first kappa shape index (κ1) is 18.3. The van der Waals surface area contributed by atoms with E-state index in [4.69, 9.17) is 16.3 Å². The van der Waals surface area contributed by atoms with Crippen LogP contribution in [0.5, 0.6) is 0 Å². The second kappa shape index (κ2) is 8.60. The molecule has 0 saturated heterocycles. The summed E-state index contributed by atoms with van der Waals surface area (Å²) in [5.41, 5.74) is 0.589. The van der Waals surface area contributed by atoms with Crippen molar-refractivity contribution in [3.8, 4) is 0 Å². The van der Waals surface area contributed by atoms with Gasteiger partial charge in [-0.15, -0.1) is 0 Å². The number of hydrogen-bond donors (Lipinski definition) is 1. The normalized spacial score (nSPS) is 13.6. The van der Waals surface area contributed by atoms with Crippen LogP contribution < -0.4 is 5.32 Å². The van der Waals surface area contributed by atoms with Crippen LogP contribution in [0.4, 0.5) is 13.2 Å². The van der Waals surface area contributed by atoms with Crippen LogP contribution in [0.25, 0.3) is 0 Å². The highest BCUT2D eigenvalue weighted by Crippen LogP contribution is 2.31. The largest absolute Gasteiger partial charge is 0.389 e. The van der Waals surface area contributed by atoms with Crippen molar-refractivity contribution in [2.45, 2.75) is 44.9 Å². The fourth-order valence-electron chi connectivity index (χ4n) is 2.04. The van der Waals surface area contributed by atoms with Gasteiger partial charge in [0.15, 0.2) is 0 Å². The molecule has 0 spiro atoms. The number of hydrogen-bond acceptors (Lipinski definition) is 3. The lowest BCUT2D eigenvalue weighted by Gasteiger charge is -2.21. The van der Waals surface area contributed by atoms with Gasteiger partial charge in [-0.2, -0.15) is 18.3 Å². The third kappa shape index (κ3) is 6.23. The number of methoxy groups -OCH3 is 1. The van der Waals surface area contributed by atoms with E-state index in [9.17, 15) is 13.2 Å². The highest BCUT2D eigenvalue weighted by atomic mass is 35.5. The molecular weight excluding hydrogens is 307 g/mol. The number of ether oxygens (including phenoxy) is 1. The summed E-state index contributed by atoms with van der Waals surface area (Å²) < 4.78 is 44.0. The fraction of sp³-hybridized carbons (Fsp3) is 0.769. The number of alkyl halides is 3. The standard InChI is InChI=1S/C13H21ClF3N3O/c1-3-6-18-11(4-5-13(15,16)17)12-10(14)9-19-20(12)7-8-21-2/h9,11,18H,3-8H2,1-2H3. The minimum Gasteiger partial charge on any atom is -0.383 e. The summed E-state index contributed by atoms with van der Waals surface area (Å²) in [6.45, 7) is 3.45. The van der Waals surface area contributed by atoms with Crippen molar-refractivity contribution in [3.05, 3.63) is 16.9 Å². The summed E-state index contributed by atoms with van der Waals surface area (Å²) in [6.07, 6.45) is -2.83. The fourth-order valence-corrected chi connectivity index (χ4v) is 2.31. The lowest BCUT2D eigenvalue weighted by atomic mass is 10.1. The minimum absolute atomic E-state index is 0.0676. The Morgan fingerprint density at radius 3 is 2.76 bits per heavy atom. The SMILES string of the molecule is CCCNC(CCC(F)(F)F)c1c(Cl)cnn1CCOC. The Hall–Kier alpha value is -0.790. The number of nitrogens with zero attached hydrogens (tertiary/aromatic N) is 2. The van der Waals surface area contributed by atoms with E-state index in [1.165, 1.54) is 6.20 Å². The number of aromatic nitrogens is 2. The van der Waals surface area contributed by atoms with Crippen LogP contribution in [-0.4, -0.2) is 36.2 Å². The summed E-state index contributed by atoms with van der Waals surface area (Å²) in [5.74, 6) is 0. The molecule has 1 aromatic heterocycles. The van der Waals surface area contributed by atoms with Crippen molar-refractivity contribution in [2.24, 2.45) is 0 Å². The van der Waals surface area contributed by atoms with Crippen LogP contribution in [0.3, 0.4) is 0 Å².